The molecular weight excluding hydrogens is 328 g/mol. The lowest BCUT2D eigenvalue weighted by atomic mass is 10.0. The van der Waals surface area contributed by atoms with Crippen molar-refractivity contribution in [2.75, 3.05) is 23.4 Å². The van der Waals surface area contributed by atoms with Crippen LogP contribution < -0.4 is 15.0 Å². The number of anilines is 2. The maximum Gasteiger partial charge on any atom is 0.258 e. The van der Waals surface area contributed by atoms with Crippen LogP contribution in [0.25, 0.3) is 0 Å². The molecule has 6 nitrogen and oxygen atoms in total. The van der Waals surface area contributed by atoms with Crippen LogP contribution in [0, 0.1) is 0 Å². The molecule has 1 unspecified atom stereocenters. The number of hydrogen-bond acceptors (Lipinski definition) is 5. The van der Waals surface area contributed by atoms with E-state index in [1.165, 1.54) is 19.3 Å². The maximum atomic E-state index is 12.4. The molecule has 1 saturated heterocycles. The fourth-order valence-electron chi connectivity index (χ4n) is 3.28. The van der Waals surface area contributed by atoms with Crippen molar-refractivity contribution in [3.63, 3.8) is 0 Å². The minimum Gasteiger partial charge on any atom is -0.494 e. The average molecular weight is 354 g/mol. The molecule has 0 radical (unpaired) electrons. The number of ether oxygens (including phenoxy) is 1. The van der Waals surface area contributed by atoms with Gasteiger partial charge in [0.05, 0.1) is 12.2 Å². The Labute approximate surface area is 154 Å². The quantitative estimate of drug-likeness (QED) is 0.852. The van der Waals surface area contributed by atoms with Gasteiger partial charge in [0.15, 0.2) is 0 Å². The molecule has 1 aromatic carbocycles. The highest BCUT2D eigenvalue weighted by atomic mass is 16.5. The van der Waals surface area contributed by atoms with E-state index in [4.69, 9.17) is 4.74 Å². The Kier molecular flexibility index (Phi) is 6.04. The molecule has 0 aliphatic carbocycles. The minimum absolute atomic E-state index is 0.216. The number of rotatable bonds is 6. The van der Waals surface area contributed by atoms with Gasteiger partial charge in [-0.25, -0.2) is 9.97 Å². The summed E-state index contributed by atoms with van der Waals surface area (Å²) in [7, 11) is 0. The van der Waals surface area contributed by atoms with Crippen LogP contribution in [0.5, 0.6) is 5.75 Å². The van der Waals surface area contributed by atoms with Crippen LogP contribution in [-0.4, -0.2) is 35.1 Å². The highest BCUT2D eigenvalue weighted by molar-refractivity contribution is 6.03. The molecule has 3 rings (SSSR count). The fourth-order valence-corrected chi connectivity index (χ4v) is 3.28. The van der Waals surface area contributed by atoms with Gasteiger partial charge in [-0.1, -0.05) is 6.92 Å². The van der Waals surface area contributed by atoms with Crippen LogP contribution in [-0.2, 0) is 0 Å². The standard InChI is InChI=1S/C20H26N4O2/c1-3-17-7-5-6-12-24(17)20-21-13-15(14-22-20)19(25)23-16-8-10-18(11-9-16)26-4-2/h8-11,13-14,17H,3-7,12H2,1-2H3,(H,23,25). The summed E-state index contributed by atoms with van der Waals surface area (Å²) < 4.78 is 5.40. The second-order valence-electron chi connectivity index (χ2n) is 6.43. The van der Waals surface area contributed by atoms with E-state index < -0.39 is 0 Å². The van der Waals surface area contributed by atoms with Crippen LogP contribution in [0.15, 0.2) is 36.7 Å². The van der Waals surface area contributed by atoms with Gasteiger partial charge in [0.1, 0.15) is 5.75 Å². The Morgan fingerprint density at radius 2 is 1.92 bits per heavy atom. The number of nitrogens with zero attached hydrogens (tertiary/aromatic N) is 3. The lowest BCUT2D eigenvalue weighted by Crippen LogP contribution is -2.40. The molecule has 138 valence electrons. The summed E-state index contributed by atoms with van der Waals surface area (Å²) in [5.74, 6) is 1.28. The van der Waals surface area contributed by atoms with Gasteiger partial charge in [-0.05, 0) is 56.9 Å². The molecule has 6 heteroatoms. The number of piperidine rings is 1. The van der Waals surface area contributed by atoms with Gasteiger partial charge in [0.25, 0.3) is 5.91 Å². The predicted octanol–water partition coefficient (Wildman–Crippen LogP) is 3.90. The van der Waals surface area contributed by atoms with Gasteiger partial charge in [-0.3, -0.25) is 4.79 Å². The summed E-state index contributed by atoms with van der Waals surface area (Å²) in [5.41, 5.74) is 1.16. The van der Waals surface area contributed by atoms with Gasteiger partial charge in [0.2, 0.25) is 5.95 Å². The van der Waals surface area contributed by atoms with E-state index in [0.29, 0.717) is 29.8 Å². The minimum atomic E-state index is -0.216. The topological polar surface area (TPSA) is 67.3 Å². The third-order valence-electron chi connectivity index (χ3n) is 4.68. The summed E-state index contributed by atoms with van der Waals surface area (Å²) in [6.07, 6.45) is 7.90. The van der Waals surface area contributed by atoms with E-state index in [9.17, 15) is 4.79 Å². The van der Waals surface area contributed by atoms with E-state index in [1.54, 1.807) is 12.4 Å². The number of hydrogen-bond donors (Lipinski definition) is 1. The van der Waals surface area contributed by atoms with Gasteiger partial charge in [-0.2, -0.15) is 0 Å². The van der Waals surface area contributed by atoms with Gasteiger partial charge >= 0.3 is 0 Å². The first-order valence-electron chi connectivity index (χ1n) is 9.34. The molecule has 0 spiro atoms. The highest BCUT2D eigenvalue weighted by Crippen LogP contribution is 2.23. The zero-order valence-corrected chi connectivity index (χ0v) is 15.4. The molecule has 0 saturated carbocycles. The molecular formula is C20H26N4O2. The molecule has 1 aromatic heterocycles. The number of benzene rings is 1. The highest BCUT2D eigenvalue weighted by Gasteiger charge is 2.23. The van der Waals surface area contributed by atoms with Crippen LogP contribution >= 0.6 is 0 Å². The maximum absolute atomic E-state index is 12.4. The first kappa shape index (κ1) is 18.2. The molecule has 1 aliphatic rings. The second kappa shape index (κ2) is 8.65. The summed E-state index contributed by atoms with van der Waals surface area (Å²) in [6, 6.07) is 7.79. The summed E-state index contributed by atoms with van der Waals surface area (Å²) >= 11 is 0. The van der Waals surface area contributed by atoms with Crippen LogP contribution in [0.3, 0.4) is 0 Å². The summed E-state index contributed by atoms with van der Waals surface area (Å²) in [6.45, 7) is 5.73. The second-order valence-corrected chi connectivity index (χ2v) is 6.43. The monoisotopic (exact) mass is 354 g/mol. The summed E-state index contributed by atoms with van der Waals surface area (Å²) in [5, 5.41) is 2.86. The molecule has 0 bridgehead atoms. The van der Waals surface area contributed by atoms with Crippen LogP contribution in [0.1, 0.15) is 49.9 Å². The van der Waals surface area contributed by atoms with Crippen molar-refractivity contribution >= 4 is 17.5 Å². The normalized spacial score (nSPS) is 17.0. The fraction of sp³-hybridized carbons (Fsp3) is 0.450. The summed E-state index contributed by atoms with van der Waals surface area (Å²) in [4.78, 5) is 23.5. The zero-order valence-electron chi connectivity index (χ0n) is 15.4. The molecule has 2 heterocycles. The van der Waals surface area contributed by atoms with Crippen molar-refractivity contribution in [2.45, 2.75) is 45.6 Å². The Morgan fingerprint density at radius 3 is 2.58 bits per heavy atom. The third kappa shape index (κ3) is 4.31. The smallest absolute Gasteiger partial charge is 0.258 e. The van der Waals surface area contributed by atoms with E-state index in [0.717, 1.165) is 18.7 Å². The average Bonchev–Trinajstić information content (AvgIpc) is 2.70. The first-order chi connectivity index (χ1) is 12.7. The van der Waals surface area contributed by atoms with Crippen molar-refractivity contribution < 1.29 is 9.53 Å². The van der Waals surface area contributed by atoms with E-state index >= 15 is 0 Å². The number of nitrogens with one attached hydrogen (secondary N) is 1. The van der Waals surface area contributed by atoms with Crippen LogP contribution in [0.2, 0.25) is 0 Å². The molecule has 1 aliphatic heterocycles. The number of carbonyl (C=O) groups excluding carboxylic acids is 1. The lowest BCUT2D eigenvalue weighted by Gasteiger charge is -2.35. The molecule has 1 N–H and O–H groups in total. The molecule has 1 atom stereocenters. The van der Waals surface area contributed by atoms with Gasteiger partial charge < -0.3 is 15.0 Å². The van der Waals surface area contributed by atoms with Crippen molar-refractivity contribution in [1.29, 1.82) is 0 Å². The van der Waals surface area contributed by atoms with E-state index in [1.807, 2.05) is 31.2 Å². The number of amides is 1. The Bertz CT molecular complexity index is 716. The molecule has 2 aromatic rings. The lowest BCUT2D eigenvalue weighted by molar-refractivity contribution is 0.102. The zero-order chi connectivity index (χ0) is 18.4. The van der Waals surface area contributed by atoms with Crippen molar-refractivity contribution in [1.82, 2.24) is 9.97 Å². The largest absolute Gasteiger partial charge is 0.494 e. The van der Waals surface area contributed by atoms with E-state index in [-0.39, 0.29) is 5.91 Å². The van der Waals surface area contributed by atoms with Gasteiger partial charge in [-0.15, -0.1) is 0 Å². The Hall–Kier alpha value is -2.63. The van der Waals surface area contributed by atoms with Crippen molar-refractivity contribution in [3.05, 3.63) is 42.2 Å². The molecule has 1 amide bonds. The number of carbonyl (C=O) groups is 1. The Balaban J connectivity index is 1.64. The van der Waals surface area contributed by atoms with E-state index in [2.05, 4.69) is 27.1 Å². The SMILES string of the molecule is CCOc1ccc(NC(=O)c2cnc(N3CCCCC3CC)nc2)cc1. The van der Waals surface area contributed by atoms with Crippen molar-refractivity contribution in [2.24, 2.45) is 0 Å². The van der Waals surface area contributed by atoms with Gasteiger partial charge in [0, 0.05) is 30.7 Å². The molecule has 1 fully saturated rings. The number of aromatic nitrogens is 2. The molecule has 26 heavy (non-hydrogen) atoms. The third-order valence-corrected chi connectivity index (χ3v) is 4.68. The van der Waals surface area contributed by atoms with Crippen LogP contribution in [0.4, 0.5) is 11.6 Å². The first-order valence-corrected chi connectivity index (χ1v) is 9.34. The Morgan fingerprint density at radius 1 is 1.19 bits per heavy atom. The predicted molar refractivity (Wildman–Crippen MR) is 103 cm³/mol. The van der Waals surface area contributed by atoms with Crippen molar-refractivity contribution in [3.8, 4) is 5.75 Å².